The maximum Gasteiger partial charge on any atom is 0.317 e. The Bertz CT molecular complexity index is 492. The molecule has 0 atom stereocenters. The number of carbonyl (C=O) groups excluding carboxylic acids is 1. The molecule has 5 nitrogen and oxygen atoms in total. The van der Waals surface area contributed by atoms with Crippen molar-refractivity contribution in [2.75, 3.05) is 25.0 Å². The highest BCUT2D eigenvalue weighted by atomic mass is 16.4. The molecule has 0 saturated carbocycles. The van der Waals surface area contributed by atoms with Gasteiger partial charge in [0.1, 0.15) is 0 Å². The Balaban J connectivity index is 2.81. The van der Waals surface area contributed by atoms with E-state index in [2.05, 4.69) is 19.2 Å². The third kappa shape index (κ3) is 5.48. The summed E-state index contributed by atoms with van der Waals surface area (Å²) >= 11 is 0. The number of nitrogens with zero attached hydrogens (tertiary/aromatic N) is 1. The van der Waals surface area contributed by atoms with Crippen LogP contribution < -0.4 is 5.32 Å². The lowest BCUT2D eigenvalue weighted by Gasteiger charge is -2.20. The molecule has 5 heteroatoms. The number of rotatable bonds is 9. The summed E-state index contributed by atoms with van der Waals surface area (Å²) in [6.45, 7) is 6.65. The van der Waals surface area contributed by atoms with E-state index in [1.165, 1.54) is 0 Å². The predicted molar refractivity (Wildman–Crippen MR) is 88.2 cm³/mol. The van der Waals surface area contributed by atoms with Gasteiger partial charge in [-0.15, -0.1) is 0 Å². The highest BCUT2D eigenvalue weighted by Crippen LogP contribution is 2.22. The fraction of sp³-hybridized carbons (Fsp3) is 0.529. The van der Waals surface area contributed by atoms with Gasteiger partial charge in [0.05, 0.1) is 13.1 Å². The van der Waals surface area contributed by atoms with Gasteiger partial charge < -0.3 is 10.4 Å². The molecule has 0 saturated heterocycles. The molecule has 0 spiro atoms. The van der Waals surface area contributed by atoms with Crippen molar-refractivity contribution < 1.29 is 14.7 Å². The summed E-state index contributed by atoms with van der Waals surface area (Å²) in [6.07, 6.45) is 2.50. The van der Waals surface area contributed by atoms with Crippen LogP contribution in [0.4, 0.5) is 5.69 Å². The number of hydrogen-bond acceptors (Lipinski definition) is 3. The average Bonchev–Trinajstić information content (AvgIpc) is 2.46. The predicted octanol–water partition coefficient (Wildman–Crippen LogP) is 2.55. The molecule has 0 aliphatic heterocycles. The molecule has 1 aromatic carbocycles. The Morgan fingerprint density at radius 3 is 2.14 bits per heavy atom. The summed E-state index contributed by atoms with van der Waals surface area (Å²) in [5.41, 5.74) is 3.09. The van der Waals surface area contributed by atoms with Crippen LogP contribution in [0.25, 0.3) is 0 Å². The Morgan fingerprint density at radius 2 is 1.68 bits per heavy atom. The molecular weight excluding hydrogens is 280 g/mol. The van der Waals surface area contributed by atoms with E-state index in [9.17, 15) is 9.59 Å². The van der Waals surface area contributed by atoms with E-state index in [0.717, 1.165) is 36.1 Å². The number of hydrogen-bond donors (Lipinski definition) is 2. The van der Waals surface area contributed by atoms with Crippen LogP contribution in [0, 0.1) is 0 Å². The van der Waals surface area contributed by atoms with Gasteiger partial charge in [-0.3, -0.25) is 14.5 Å². The minimum absolute atomic E-state index is 0.0986. The van der Waals surface area contributed by atoms with Crippen LogP contribution in [-0.2, 0) is 22.4 Å². The van der Waals surface area contributed by atoms with Crippen molar-refractivity contribution in [3.63, 3.8) is 0 Å². The minimum Gasteiger partial charge on any atom is -0.480 e. The maximum atomic E-state index is 12.3. The van der Waals surface area contributed by atoms with E-state index in [0.29, 0.717) is 6.54 Å². The van der Waals surface area contributed by atoms with E-state index < -0.39 is 5.97 Å². The third-order valence-corrected chi connectivity index (χ3v) is 3.53. The van der Waals surface area contributed by atoms with E-state index in [4.69, 9.17) is 5.11 Å². The second kappa shape index (κ2) is 9.20. The van der Waals surface area contributed by atoms with Crippen LogP contribution in [-0.4, -0.2) is 41.5 Å². The van der Waals surface area contributed by atoms with E-state index >= 15 is 0 Å². The van der Waals surface area contributed by atoms with Crippen molar-refractivity contribution in [3.8, 4) is 0 Å². The topological polar surface area (TPSA) is 69.6 Å². The zero-order valence-corrected chi connectivity index (χ0v) is 13.7. The number of anilines is 1. The molecule has 22 heavy (non-hydrogen) atoms. The van der Waals surface area contributed by atoms with Crippen LogP contribution in [0.5, 0.6) is 0 Å². The van der Waals surface area contributed by atoms with Gasteiger partial charge >= 0.3 is 5.97 Å². The van der Waals surface area contributed by atoms with Crippen LogP contribution >= 0.6 is 0 Å². The lowest BCUT2D eigenvalue weighted by molar-refractivity contribution is -0.138. The summed E-state index contributed by atoms with van der Waals surface area (Å²) in [6, 6.07) is 6.02. The van der Waals surface area contributed by atoms with Crippen LogP contribution in [0.15, 0.2) is 18.2 Å². The Hall–Kier alpha value is -1.88. The van der Waals surface area contributed by atoms with Gasteiger partial charge in [-0.1, -0.05) is 39.0 Å². The van der Waals surface area contributed by atoms with Crippen molar-refractivity contribution in [1.82, 2.24) is 4.90 Å². The van der Waals surface area contributed by atoms with Gasteiger partial charge in [0.15, 0.2) is 0 Å². The molecule has 0 fully saturated rings. The molecule has 0 aliphatic carbocycles. The number of aryl methyl sites for hydroxylation is 2. The SMILES string of the molecule is CCCN(CC(=O)O)CC(=O)Nc1c(CC)cccc1CC. The monoisotopic (exact) mass is 306 g/mol. The zero-order valence-electron chi connectivity index (χ0n) is 13.7. The van der Waals surface area contributed by atoms with Crippen molar-refractivity contribution >= 4 is 17.6 Å². The first kappa shape index (κ1) is 18.2. The van der Waals surface area contributed by atoms with Gasteiger partial charge in [-0.25, -0.2) is 0 Å². The Kier molecular flexibility index (Phi) is 7.60. The summed E-state index contributed by atoms with van der Waals surface area (Å²) in [5.74, 6) is -1.07. The molecule has 2 N–H and O–H groups in total. The van der Waals surface area contributed by atoms with Crippen molar-refractivity contribution in [2.45, 2.75) is 40.0 Å². The third-order valence-electron chi connectivity index (χ3n) is 3.53. The summed E-state index contributed by atoms with van der Waals surface area (Å²) in [4.78, 5) is 24.8. The van der Waals surface area contributed by atoms with Crippen molar-refractivity contribution in [1.29, 1.82) is 0 Å². The van der Waals surface area contributed by atoms with Crippen LogP contribution in [0.2, 0.25) is 0 Å². The standard InChI is InChI=1S/C17H26N2O3/c1-4-10-19(12-16(21)22)11-15(20)18-17-13(5-2)8-7-9-14(17)6-3/h7-9H,4-6,10-12H2,1-3H3,(H,18,20)(H,21,22). The number of para-hydroxylation sites is 1. The lowest BCUT2D eigenvalue weighted by atomic mass is 10.0. The molecule has 0 bridgehead atoms. The molecule has 0 aliphatic rings. The molecule has 0 unspecified atom stereocenters. The van der Waals surface area contributed by atoms with E-state index in [1.807, 2.05) is 25.1 Å². The van der Waals surface area contributed by atoms with Crippen molar-refractivity contribution in [3.05, 3.63) is 29.3 Å². The van der Waals surface area contributed by atoms with E-state index in [-0.39, 0.29) is 19.0 Å². The van der Waals surface area contributed by atoms with Gasteiger partial charge in [0, 0.05) is 5.69 Å². The Labute approximate surface area is 132 Å². The summed E-state index contributed by atoms with van der Waals surface area (Å²) in [5, 5.41) is 11.9. The number of benzene rings is 1. The zero-order chi connectivity index (χ0) is 16.5. The number of carboxylic acid groups (broad SMARTS) is 1. The van der Waals surface area contributed by atoms with Gasteiger partial charge in [-0.2, -0.15) is 0 Å². The first-order chi connectivity index (χ1) is 10.5. The molecule has 1 rings (SSSR count). The van der Waals surface area contributed by atoms with Gasteiger partial charge in [-0.05, 0) is 36.9 Å². The number of aliphatic carboxylic acids is 1. The number of carboxylic acids is 1. The van der Waals surface area contributed by atoms with Gasteiger partial charge in [0.2, 0.25) is 5.91 Å². The first-order valence-corrected chi connectivity index (χ1v) is 7.86. The Morgan fingerprint density at radius 1 is 1.09 bits per heavy atom. The maximum absolute atomic E-state index is 12.3. The lowest BCUT2D eigenvalue weighted by Crippen LogP contribution is -2.37. The summed E-state index contributed by atoms with van der Waals surface area (Å²) in [7, 11) is 0. The molecule has 1 amide bonds. The van der Waals surface area contributed by atoms with Crippen LogP contribution in [0.1, 0.15) is 38.3 Å². The second-order valence-electron chi connectivity index (χ2n) is 5.31. The quantitative estimate of drug-likeness (QED) is 0.735. The molecule has 0 aromatic heterocycles. The highest BCUT2D eigenvalue weighted by Gasteiger charge is 2.15. The highest BCUT2D eigenvalue weighted by molar-refractivity contribution is 5.94. The summed E-state index contributed by atoms with van der Waals surface area (Å²) < 4.78 is 0. The minimum atomic E-state index is -0.913. The van der Waals surface area contributed by atoms with E-state index in [1.54, 1.807) is 4.90 Å². The fourth-order valence-electron chi connectivity index (χ4n) is 2.51. The molecule has 1 aromatic rings. The molecule has 0 radical (unpaired) electrons. The number of nitrogens with one attached hydrogen (secondary N) is 1. The average molecular weight is 306 g/mol. The largest absolute Gasteiger partial charge is 0.480 e. The smallest absolute Gasteiger partial charge is 0.317 e. The van der Waals surface area contributed by atoms with Gasteiger partial charge in [0.25, 0.3) is 0 Å². The number of carbonyl (C=O) groups is 2. The first-order valence-electron chi connectivity index (χ1n) is 7.86. The number of amides is 1. The second-order valence-corrected chi connectivity index (χ2v) is 5.31. The normalized spacial score (nSPS) is 10.7. The molecule has 122 valence electrons. The molecule has 0 heterocycles. The van der Waals surface area contributed by atoms with Crippen molar-refractivity contribution in [2.24, 2.45) is 0 Å². The van der Waals surface area contributed by atoms with Crippen LogP contribution in [0.3, 0.4) is 0 Å². The molecular formula is C17H26N2O3. The fourth-order valence-corrected chi connectivity index (χ4v) is 2.51.